The number of benzene rings is 1. The first-order chi connectivity index (χ1) is 9.17. The van der Waals surface area contributed by atoms with Gasteiger partial charge in [-0.3, -0.25) is 9.36 Å². The Labute approximate surface area is 113 Å². The number of ether oxygens (including phenoxy) is 1. The molecule has 19 heavy (non-hydrogen) atoms. The summed E-state index contributed by atoms with van der Waals surface area (Å²) < 4.78 is 7.25. The van der Waals surface area contributed by atoms with Gasteiger partial charge in [0.1, 0.15) is 0 Å². The maximum atomic E-state index is 12.5. The van der Waals surface area contributed by atoms with Gasteiger partial charge in [0.15, 0.2) is 0 Å². The Balaban J connectivity index is 2.63. The normalized spacial score (nSPS) is 10.9. The number of nitrogens with zero attached hydrogens (tertiary/aromatic N) is 2. The van der Waals surface area contributed by atoms with Gasteiger partial charge in [-0.1, -0.05) is 25.5 Å². The summed E-state index contributed by atoms with van der Waals surface area (Å²) in [4.78, 5) is 17.0. The number of aromatic nitrogens is 2. The molecular formula is C15H20N2O2. The van der Waals surface area contributed by atoms with Crippen LogP contribution in [0.3, 0.4) is 0 Å². The van der Waals surface area contributed by atoms with E-state index in [2.05, 4.69) is 4.98 Å². The molecular weight excluding hydrogens is 240 g/mol. The van der Waals surface area contributed by atoms with Gasteiger partial charge >= 0.3 is 0 Å². The van der Waals surface area contributed by atoms with Crippen LogP contribution in [0.4, 0.5) is 0 Å². The van der Waals surface area contributed by atoms with Crippen molar-refractivity contribution in [2.45, 2.75) is 40.2 Å². The molecule has 0 radical (unpaired) electrons. The van der Waals surface area contributed by atoms with Crippen LogP contribution in [0.1, 0.15) is 32.3 Å². The van der Waals surface area contributed by atoms with Gasteiger partial charge in [-0.05, 0) is 31.9 Å². The van der Waals surface area contributed by atoms with Crippen molar-refractivity contribution in [3.8, 4) is 6.01 Å². The highest BCUT2D eigenvalue weighted by Gasteiger charge is 2.11. The van der Waals surface area contributed by atoms with Crippen LogP contribution in [0, 0.1) is 6.92 Å². The Morgan fingerprint density at radius 3 is 2.74 bits per heavy atom. The van der Waals surface area contributed by atoms with E-state index in [9.17, 15) is 4.79 Å². The van der Waals surface area contributed by atoms with Gasteiger partial charge in [-0.15, -0.1) is 0 Å². The van der Waals surface area contributed by atoms with Gasteiger partial charge in [0.25, 0.3) is 11.6 Å². The van der Waals surface area contributed by atoms with Crippen molar-refractivity contribution in [2.75, 3.05) is 6.61 Å². The third-order valence-corrected chi connectivity index (χ3v) is 2.96. The maximum absolute atomic E-state index is 12.5. The predicted molar refractivity (Wildman–Crippen MR) is 76.8 cm³/mol. The summed E-state index contributed by atoms with van der Waals surface area (Å²) >= 11 is 0. The van der Waals surface area contributed by atoms with Crippen molar-refractivity contribution in [3.63, 3.8) is 0 Å². The fourth-order valence-corrected chi connectivity index (χ4v) is 2.04. The molecule has 4 heteroatoms. The topological polar surface area (TPSA) is 44.1 Å². The lowest BCUT2D eigenvalue weighted by Gasteiger charge is -2.13. The predicted octanol–water partition coefficient (Wildman–Crippen LogP) is 2.90. The summed E-state index contributed by atoms with van der Waals surface area (Å²) in [7, 11) is 0. The summed E-state index contributed by atoms with van der Waals surface area (Å²) in [6, 6.07) is 6.16. The van der Waals surface area contributed by atoms with Crippen LogP contribution in [0.5, 0.6) is 6.01 Å². The van der Waals surface area contributed by atoms with Crippen molar-refractivity contribution in [1.29, 1.82) is 0 Å². The SMILES string of the molecule is CCCOc1nc2ccc(C)cc2c(=O)n1CCC. The molecule has 0 bridgehead atoms. The van der Waals surface area contributed by atoms with Crippen LogP contribution in [0.2, 0.25) is 0 Å². The Morgan fingerprint density at radius 2 is 2.05 bits per heavy atom. The Hall–Kier alpha value is -1.84. The van der Waals surface area contributed by atoms with E-state index in [1.54, 1.807) is 4.57 Å². The summed E-state index contributed by atoms with van der Waals surface area (Å²) in [5.41, 5.74) is 1.76. The zero-order valence-electron chi connectivity index (χ0n) is 11.8. The standard InChI is InChI=1S/C15H20N2O2/c1-4-8-17-14(18)12-10-11(3)6-7-13(12)16-15(17)19-9-5-2/h6-7,10H,4-5,8-9H2,1-3H3. The minimum absolute atomic E-state index is 0.0124. The van der Waals surface area contributed by atoms with Gasteiger partial charge in [0.05, 0.1) is 17.5 Å². The minimum Gasteiger partial charge on any atom is -0.465 e. The second kappa shape index (κ2) is 5.87. The lowest BCUT2D eigenvalue weighted by molar-refractivity contribution is 0.272. The van der Waals surface area contributed by atoms with Gasteiger partial charge in [0.2, 0.25) is 0 Å². The lowest BCUT2D eigenvalue weighted by atomic mass is 10.2. The largest absolute Gasteiger partial charge is 0.465 e. The van der Waals surface area contributed by atoms with Crippen molar-refractivity contribution in [1.82, 2.24) is 9.55 Å². The minimum atomic E-state index is -0.0124. The molecule has 1 aromatic heterocycles. The van der Waals surface area contributed by atoms with Crippen molar-refractivity contribution >= 4 is 10.9 Å². The first-order valence-corrected chi connectivity index (χ1v) is 6.81. The van der Waals surface area contributed by atoms with E-state index in [0.29, 0.717) is 30.1 Å². The van der Waals surface area contributed by atoms with E-state index < -0.39 is 0 Å². The number of rotatable bonds is 5. The highest BCUT2D eigenvalue weighted by atomic mass is 16.5. The van der Waals surface area contributed by atoms with Crippen molar-refractivity contribution in [3.05, 3.63) is 34.1 Å². The smallest absolute Gasteiger partial charge is 0.299 e. The molecule has 0 fully saturated rings. The first kappa shape index (κ1) is 13.6. The molecule has 2 aromatic rings. The van der Waals surface area contributed by atoms with Crippen LogP contribution < -0.4 is 10.3 Å². The molecule has 0 unspecified atom stereocenters. The van der Waals surface area contributed by atoms with Crippen LogP contribution in [0.25, 0.3) is 10.9 Å². The molecule has 0 aliphatic heterocycles. The molecule has 102 valence electrons. The zero-order chi connectivity index (χ0) is 13.8. The highest BCUT2D eigenvalue weighted by Crippen LogP contribution is 2.15. The Morgan fingerprint density at radius 1 is 1.26 bits per heavy atom. The van der Waals surface area contributed by atoms with Crippen molar-refractivity contribution < 1.29 is 4.74 Å². The molecule has 0 aliphatic carbocycles. The molecule has 0 amide bonds. The van der Waals surface area contributed by atoms with Crippen LogP contribution in [-0.4, -0.2) is 16.2 Å². The summed E-state index contributed by atoms with van der Waals surface area (Å²) in [6.45, 7) is 7.26. The molecule has 0 saturated carbocycles. The average molecular weight is 260 g/mol. The second-order valence-corrected chi connectivity index (χ2v) is 4.72. The summed E-state index contributed by atoms with van der Waals surface area (Å²) in [5, 5.41) is 0.664. The quantitative estimate of drug-likeness (QED) is 0.830. The molecule has 0 aliphatic rings. The lowest BCUT2D eigenvalue weighted by Crippen LogP contribution is -2.24. The van der Waals surface area contributed by atoms with Gasteiger partial charge in [-0.25, -0.2) is 0 Å². The van der Waals surface area contributed by atoms with Crippen LogP contribution >= 0.6 is 0 Å². The average Bonchev–Trinajstić information content (AvgIpc) is 2.41. The van der Waals surface area contributed by atoms with E-state index in [1.165, 1.54) is 0 Å². The Bertz CT molecular complexity index is 632. The molecule has 1 heterocycles. The molecule has 4 nitrogen and oxygen atoms in total. The van der Waals surface area contributed by atoms with E-state index >= 15 is 0 Å². The molecule has 0 atom stereocenters. The first-order valence-electron chi connectivity index (χ1n) is 6.81. The summed E-state index contributed by atoms with van der Waals surface area (Å²) in [6.07, 6.45) is 1.77. The molecule has 0 saturated heterocycles. The highest BCUT2D eigenvalue weighted by molar-refractivity contribution is 5.78. The monoisotopic (exact) mass is 260 g/mol. The van der Waals surface area contributed by atoms with E-state index in [0.717, 1.165) is 18.4 Å². The van der Waals surface area contributed by atoms with Gasteiger partial charge in [-0.2, -0.15) is 4.98 Å². The van der Waals surface area contributed by atoms with Crippen LogP contribution in [0.15, 0.2) is 23.0 Å². The van der Waals surface area contributed by atoms with E-state index in [-0.39, 0.29) is 5.56 Å². The van der Waals surface area contributed by atoms with Crippen LogP contribution in [-0.2, 0) is 6.54 Å². The summed E-state index contributed by atoms with van der Waals surface area (Å²) in [5.74, 6) is 0. The molecule has 1 aromatic carbocycles. The van der Waals surface area contributed by atoms with Gasteiger partial charge < -0.3 is 4.74 Å². The zero-order valence-corrected chi connectivity index (χ0v) is 11.8. The number of fused-ring (bicyclic) bond motifs is 1. The fraction of sp³-hybridized carbons (Fsp3) is 0.467. The number of hydrogen-bond donors (Lipinski definition) is 0. The molecule has 2 rings (SSSR count). The van der Waals surface area contributed by atoms with E-state index in [4.69, 9.17) is 4.74 Å². The molecule has 0 spiro atoms. The second-order valence-electron chi connectivity index (χ2n) is 4.72. The van der Waals surface area contributed by atoms with E-state index in [1.807, 2.05) is 39.0 Å². The number of aryl methyl sites for hydroxylation is 1. The van der Waals surface area contributed by atoms with Crippen molar-refractivity contribution in [2.24, 2.45) is 0 Å². The third kappa shape index (κ3) is 2.78. The molecule has 0 N–H and O–H groups in total. The number of hydrogen-bond acceptors (Lipinski definition) is 3. The van der Waals surface area contributed by atoms with Gasteiger partial charge in [0, 0.05) is 6.54 Å². The Kier molecular flexibility index (Phi) is 4.20. The fourth-order valence-electron chi connectivity index (χ4n) is 2.04. The maximum Gasteiger partial charge on any atom is 0.299 e. The third-order valence-electron chi connectivity index (χ3n) is 2.96.